The van der Waals surface area contributed by atoms with Crippen molar-refractivity contribution < 1.29 is 18.4 Å². The molecule has 3 atom stereocenters. The fourth-order valence-electron chi connectivity index (χ4n) is 3.19. The number of rotatable bonds is 6. The van der Waals surface area contributed by atoms with Crippen molar-refractivity contribution >= 4 is 16.5 Å². The molecule has 0 unspecified atom stereocenters. The van der Waals surface area contributed by atoms with Gasteiger partial charge in [0, 0.05) is 5.69 Å². The second-order valence-electron chi connectivity index (χ2n) is 6.35. The highest BCUT2D eigenvalue weighted by molar-refractivity contribution is 7.86. The number of hydrogen-bond acceptors (Lipinski definition) is 5. The molecule has 144 valence electrons. The first-order valence-electron chi connectivity index (χ1n) is 8.90. The molecule has 0 fully saturated rings. The molecule has 0 aliphatic carbocycles. The first kappa shape index (κ1) is 18.4. The van der Waals surface area contributed by atoms with E-state index in [0.29, 0.717) is 5.75 Å². The van der Waals surface area contributed by atoms with Crippen LogP contribution in [0.2, 0.25) is 0 Å². The normalized spacial score (nSPS) is 18.6. The van der Waals surface area contributed by atoms with Gasteiger partial charge in [-0.2, -0.15) is 0 Å². The van der Waals surface area contributed by atoms with Crippen molar-refractivity contribution in [3.8, 4) is 17.2 Å². The number of nitrogens with one attached hydrogen (secondary N) is 1. The van der Waals surface area contributed by atoms with Crippen molar-refractivity contribution in [2.45, 2.75) is 16.4 Å². The lowest BCUT2D eigenvalue weighted by Gasteiger charge is -2.25. The first-order valence-corrected chi connectivity index (χ1v) is 10.1. The van der Waals surface area contributed by atoms with E-state index in [2.05, 4.69) is 5.32 Å². The molecular formula is C22H21NO4S. The predicted octanol–water partition coefficient (Wildman–Crippen LogP) is 4.38. The van der Waals surface area contributed by atoms with E-state index in [4.69, 9.17) is 14.2 Å². The van der Waals surface area contributed by atoms with E-state index in [-0.39, 0.29) is 6.04 Å². The third kappa shape index (κ3) is 3.55. The van der Waals surface area contributed by atoms with Crippen LogP contribution < -0.4 is 19.5 Å². The van der Waals surface area contributed by atoms with Crippen molar-refractivity contribution in [2.24, 2.45) is 0 Å². The average Bonchev–Trinajstić information content (AvgIpc) is 3.09. The second kappa shape index (κ2) is 7.94. The minimum absolute atomic E-state index is 0.312. The Bertz CT molecular complexity index is 973. The Kier molecular flexibility index (Phi) is 5.21. The zero-order valence-electron chi connectivity index (χ0n) is 15.6. The van der Waals surface area contributed by atoms with Crippen molar-refractivity contribution in [1.82, 2.24) is 0 Å². The smallest absolute Gasteiger partial charge is 0.201 e. The van der Waals surface area contributed by atoms with Gasteiger partial charge in [-0.05, 0) is 54.1 Å². The highest BCUT2D eigenvalue weighted by Gasteiger charge is 2.38. The summed E-state index contributed by atoms with van der Waals surface area (Å²) in [6, 6.07) is 22.5. The molecule has 1 aliphatic rings. The number of methoxy groups -OCH3 is 2. The summed E-state index contributed by atoms with van der Waals surface area (Å²) in [5, 5.41) is 3.48. The lowest BCUT2D eigenvalue weighted by Crippen LogP contribution is -2.31. The molecule has 4 rings (SSSR count). The molecule has 1 N–H and O–H groups in total. The molecule has 0 spiro atoms. The first-order chi connectivity index (χ1) is 13.7. The topological polar surface area (TPSA) is 56.8 Å². The van der Waals surface area contributed by atoms with Gasteiger partial charge in [0.05, 0.1) is 19.1 Å². The fraction of sp³-hybridized carbons (Fsp3) is 0.182. The van der Waals surface area contributed by atoms with Gasteiger partial charge in [-0.3, -0.25) is 4.21 Å². The minimum Gasteiger partial charge on any atom is -0.497 e. The summed E-state index contributed by atoms with van der Waals surface area (Å²) in [5.74, 6) is 2.21. The highest BCUT2D eigenvalue weighted by Crippen LogP contribution is 2.39. The third-order valence-corrected chi connectivity index (χ3v) is 6.24. The quantitative estimate of drug-likeness (QED) is 0.671. The Morgan fingerprint density at radius 1 is 0.893 bits per heavy atom. The molecule has 5 nitrogen and oxygen atoms in total. The van der Waals surface area contributed by atoms with E-state index in [0.717, 1.165) is 27.6 Å². The SMILES string of the molecule is COc1ccc(N[C@@H](c2ccc(OC)cc2)[C@H]2Oc3ccccc3[S@@]2=O)cc1. The number of anilines is 1. The van der Waals surface area contributed by atoms with E-state index in [1.807, 2.05) is 72.8 Å². The summed E-state index contributed by atoms with van der Waals surface area (Å²) >= 11 is 0. The van der Waals surface area contributed by atoms with Gasteiger partial charge < -0.3 is 19.5 Å². The summed E-state index contributed by atoms with van der Waals surface area (Å²) in [5.41, 5.74) is 1.30. The molecule has 3 aromatic carbocycles. The lowest BCUT2D eigenvalue weighted by atomic mass is 10.1. The zero-order valence-corrected chi connectivity index (χ0v) is 16.4. The van der Waals surface area contributed by atoms with Crippen LogP contribution in [-0.4, -0.2) is 23.9 Å². The molecule has 3 aromatic rings. The second-order valence-corrected chi connectivity index (χ2v) is 7.85. The van der Waals surface area contributed by atoms with Gasteiger partial charge in [-0.25, -0.2) is 0 Å². The Balaban J connectivity index is 1.67. The van der Waals surface area contributed by atoms with E-state index >= 15 is 0 Å². The van der Waals surface area contributed by atoms with Crippen LogP contribution in [0.4, 0.5) is 5.69 Å². The van der Waals surface area contributed by atoms with Gasteiger partial charge in [-0.15, -0.1) is 0 Å². The molecule has 0 saturated carbocycles. The average molecular weight is 395 g/mol. The number of para-hydroxylation sites is 1. The number of ether oxygens (including phenoxy) is 3. The van der Waals surface area contributed by atoms with Crippen LogP contribution >= 0.6 is 0 Å². The maximum atomic E-state index is 13.1. The largest absolute Gasteiger partial charge is 0.497 e. The monoisotopic (exact) mass is 395 g/mol. The zero-order chi connectivity index (χ0) is 19.5. The number of benzene rings is 3. The van der Waals surface area contributed by atoms with Crippen LogP contribution in [0.3, 0.4) is 0 Å². The van der Waals surface area contributed by atoms with E-state index in [1.165, 1.54) is 0 Å². The number of fused-ring (bicyclic) bond motifs is 1. The molecule has 0 saturated heterocycles. The summed E-state index contributed by atoms with van der Waals surface area (Å²) in [7, 11) is 1.97. The maximum Gasteiger partial charge on any atom is 0.201 e. The Labute approximate surface area is 166 Å². The molecule has 1 heterocycles. The van der Waals surface area contributed by atoms with Crippen molar-refractivity contribution in [3.63, 3.8) is 0 Å². The van der Waals surface area contributed by atoms with Crippen LogP contribution in [0.15, 0.2) is 77.7 Å². The number of hydrogen-bond donors (Lipinski definition) is 1. The van der Waals surface area contributed by atoms with Crippen LogP contribution in [0.1, 0.15) is 11.6 Å². The minimum atomic E-state index is -1.29. The van der Waals surface area contributed by atoms with Gasteiger partial charge in [-0.1, -0.05) is 24.3 Å². The summed E-state index contributed by atoms with van der Waals surface area (Å²) < 4.78 is 29.7. The molecule has 0 aromatic heterocycles. The molecule has 6 heteroatoms. The highest BCUT2D eigenvalue weighted by atomic mass is 32.2. The third-order valence-electron chi connectivity index (χ3n) is 4.68. The Hall–Kier alpha value is -2.99. The van der Waals surface area contributed by atoms with Gasteiger partial charge in [0.15, 0.2) is 0 Å². The predicted molar refractivity (Wildman–Crippen MR) is 110 cm³/mol. The summed E-state index contributed by atoms with van der Waals surface area (Å²) in [6.07, 6.45) is 0. The summed E-state index contributed by atoms with van der Waals surface area (Å²) in [4.78, 5) is 0.725. The van der Waals surface area contributed by atoms with Crippen LogP contribution in [-0.2, 0) is 10.8 Å². The van der Waals surface area contributed by atoms with Gasteiger partial charge in [0.2, 0.25) is 5.44 Å². The van der Waals surface area contributed by atoms with Crippen molar-refractivity contribution in [1.29, 1.82) is 0 Å². The van der Waals surface area contributed by atoms with Crippen LogP contribution in [0.5, 0.6) is 17.2 Å². The van der Waals surface area contributed by atoms with E-state index < -0.39 is 16.2 Å². The van der Waals surface area contributed by atoms with E-state index in [1.54, 1.807) is 14.2 Å². The van der Waals surface area contributed by atoms with Crippen molar-refractivity contribution in [3.05, 3.63) is 78.4 Å². The summed E-state index contributed by atoms with van der Waals surface area (Å²) in [6.45, 7) is 0. The van der Waals surface area contributed by atoms with Gasteiger partial charge >= 0.3 is 0 Å². The van der Waals surface area contributed by atoms with Crippen molar-refractivity contribution in [2.75, 3.05) is 19.5 Å². The lowest BCUT2D eigenvalue weighted by molar-refractivity contribution is 0.267. The maximum absolute atomic E-state index is 13.1. The molecule has 1 aliphatic heterocycles. The molecule has 28 heavy (non-hydrogen) atoms. The van der Waals surface area contributed by atoms with E-state index in [9.17, 15) is 4.21 Å². The van der Waals surface area contributed by atoms with Crippen LogP contribution in [0.25, 0.3) is 0 Å². The van der Waals surface area contributed by atoms with Crippen LogP contribution in [0, 0.1) is 0 Å². The van der Waals surface area contributed by atoms with Gasteiger partial charge in [0.25, 0.3) is 0 Å². The molecule has 0 radical (unpaired) electrons. The molecule has 0 amide bonds. The Morgan fingerprint density at radius 3 is 2.11 bits per heavy atom. The molecule has 0 bridgehead atoms. The standard InChI is InChI=1S/C22H21NO4S/c1-25-17-11-7-15(8-12-17)21(23-16-9-13-18(26-2)14-10-16)22-27-19-5-3-4-6-20(19)28(22)24/h3-14,21-23H,1-2H3/t21-,22-,28-/m0/s1. The van der Waals surface area contributed by atoms with Gasteiger partial charge in [0.1, 0.15) is 34.1 Å². The molecular weight excluding hydrogens is 374 g/mol. The Morgan fingerprint density at radius 2 is 1.50 bits per heavy atom. The fourth-order valence-corrected chi connectivity index (χ4v) is 4.63.